The van der Waals surface area contributed by atoms with E-state index in [4.69, 9.17) is 0 Å². The molecule has 0 amide bonds. The van der Waals surface area contributed by atoms with E-state index >= 15 is 0 Å². The lowest BCUT2D eigenvalue weighted by molar-refractivity contribution is 0.574. The van der Waals surface area contributed by atoms with Crippen molar-refractivity contribution in [3.63, 3.8) is 0 Å². The lowest BCUT2D eigenvalue weighted by Crippen LogP contribution is -2.18. The molecule has 0 bridgehead atoms. The summed E-state index contributed by atoms with van der Waals surface area (Å²) >= 11 is 0. The van der Waals surface area contributed by atoms with Crippen molar-refractivity contribution in [3.05, 3.63) is 78.1 Å². The van der Waals surface area contributed by atoms with Crippen LogP contribution in [0, 0.1) is 0 Å². The molecule has 1 aromatic heterocycles. The molecule has 0 aliphatic carbocycles. The molecule has 0 aliphatic rings. The van der Waals surface area contributed by atoms with Gasteiger partial charge in [0.15, 0.2) is 0 Å². The van der Waals surface area contributed by atoms with Crippen molar-refractivity contribution in [2.24, 2.45) is 0 Å². The second-order valence-electron chi connectivity index (χ2n) is 5.07. The minimum Gasteiger partial charge on any atom is -0.306 e. The second kappa shape index (κ2) is 5.85. The third-order valence-corrected chi connectivity index (χ3v) is 3.61. The van der Waals surface area contributed by atoms with E-state index in [0.29, 0.717) is 6.04 Å². The molecule has 2 nitrogen and oxygen atoms in total. The molecule has 1 N–H and O–H groups in total. The van der Waals surface area contributed by atoms with Gasteiger partial charge < -0.3 is 5.32 Å². The maximum absolute atomic E-state index is 4.14. The molecule has 20 heavy (non-hydrogen) atoms. The number of nitrogens with one attached hydrogen (secondary N) is 1. The van der Waals surface area contributed by atoms with Gasteiger partial charge in [-0.3, -0.25) is 4.98 Å². The Kier molecular flexibility index (Phi) is 3.75. The van der Waals surface area contributed by atoms with Crippen molar-refractivity contribution in [1.82, 2.24) is 10.3 Å². The fraction of sp³-hybridized carbons (Fsp3) is 0.167. The molecule has 0 aliphatic heterocycles. The smallest absolute Gasteiger partial charge is 0.0312 e. The normalized spacial score (nSPS) is 12.4. The van der Waals surface area contributed by atoms with Gasteiger partial charge in [0.05, 0.1) is 0 Å². The van der Waals surface area contributed by atoms with E-state index in [-0.39, 0.29) is 0 Å². The molecule has 0 spiro atoms. The molecule has 3 aromatic rings. The molecule has 1 unspecified atom stereocenters. The third kappa shape index (κ3) is 2.86. The molecular formula is C18H18N2. The van der Waals surface area contributed by atoms with Crippen LogP contribution in [0.1, 0.15) is 24.1 Å². The fourth-order valence-corrected chi connectivity index (χ4v) is 2.37. The van der Waals surface area contributed by atoms with Crippen LogP contribution >= 0.6 is 0 Å². The van der Waals surface area contributed by atoms with Crippen LogP contribution in [0.4, 0.5) is 0 Å². The minimum atomic E-state index is 0.319. The van der Waals surface area contributed by atoms with Crippen molar-refractivity contribution >= 4 is 10.8 Å². The van der Waals surface area contributed by atoms with Gasteiger partial charge in [0, 0.05) is 25.0 Å². The monoisotopic (exact) mass is 262 g/mol. The molecule has 2 aromatic carbocycles. The molecule has 3 rings (SSSR count). The lowest BCUT2D eigenvalue weighted by Gasteiger charge is -2.15. The van der Waals surface area contributed by atoms with Crippen LogP contribution in [0.5, 0.6) is 0 Å². The summed E-state index contributed by atoms with van der Waals surface area (Å²) in [5.41, 5.74) is 2.52. The van der Waals surface area contributed by atoms with Gasteiger partial charge in [-0.1, -0.05) is 42.5 Å². The highest BCUT2D eigenvalue weighted by Gasteiger charge is 2.05. The summed E-state index contributed by atoms with van der Waals surface area (Å²) in [6.07, 6.45) is 3.70. The lowest BCUT2D eigenvalue weighted by atomic mass is 10.0. The van der Waals surface area contributed by atoms with Gasteiger partial charge in [0.2, 0.25) is 0 Å². The largest absolute Gasteiger partial charge is 0.306 e. The Morgan fingerprint density at radius 1 is 1.00 bits per heavy atom. The second-order valence-corrected chi connectivity index (χ2v) is 5.07. The number of nitrogens with zero attached hydrogens (tertiary/aromatic N) is 1. The average Bonchev–Trinajstić information content (AvgIpc) is 2.53. The first-order valence-corrected chi connectivity index (χ1v) is 6.94. The fourth-order valence-electron chi connectivity index (χ4n) is 2.37. The van der Waals surface area contributed by atoms with E-state index in [0.717, 1.165) is 6.54 Å². The van der Waals surface area contributed by atoms with Crippen molar-refractivity contribution in [1.29, 1.82) is 0 Å². The van der Waals surface area contributed by atoms with Gasteiger partial charge in [-0.05, 0) is 41.0 Å². The summed E-state index contributed by atoms with van der Waals surface area (Å²) in [7, 11) is 0. The third-order valence-electron chi connectivity index (χ3n) is 3.61. The van der Waals surface area contributed by atoms with Crippen molar-refractivity contribution in [2.75, 3.05) is 0 Å². The van der Waals surface area contributed by atoms with Crippen LogP contribution in [0.25, 0.3) is 10.8 Å². The highest BCUT2D eigenvalue weighted by atomic mass is 14.9. The predicted octanol–water partition coefficient (Wildman–Crippen LogP) is 4.09. The molecule has 1 heterocycles. The SMILES string of the molecule is CC(NCc1cccnc1)c1ccc2ccccc2c1. The molecule has 0 saturated heterocycles. The van der Waals surface area contributed by atoms with Gasteiger partial charge in [-0.15, -0.1) is 0 Å². The van der Waals surface area contributed by atoms with Gasteiger partial charge >= 0.3 is 0 Å². The average molecular weight is 262 g/mol. The summed E-state index contributed by atoms with van der Waals surface area (Å²) < 4.78 is 0. The Morgan fingerprint density at radius 2 is 1.85 bits per heavy atom. The Bertz CT molecular complexity index is 692. The van der Waals surface area contributed by atoms with Crippen LogP contribution in [0.15, 0.2) is 67.0 Å². The predicted molar refractivity (Wildman–Crippen MR) is 83.4 cm³/mol. The first-order chi connectivity index (χ1) is 9.83. The number of hydrogen-bond donors (Lipinski definition) is 1. The van der Waals surface area contributed by atoms with E-state index in [1.165, 1.54) is 21.9 Å². The van der Waals surface area contributed by atoms with Crippen molar-refractivity contribution in [3.8, 4) is 0 Å². The summed E-state index contributed by atoms with van der Waals surface area (Å²) in [6, 6.07) is 19.5. The number of aromatic nitrogens is 1. The van der Waals surface area contributed by atoms with Crippen molar-refractivity contribution in [2.45, 2.75) is 19.5 Å². The van der Waals surface area contributed by atoms with Gasteiger partial charge in [0.25, 0.3) is 0 Å². The van der Waals surface area contributed by atoms with Crippen LogP contribution in [0.2, 0.25) is 0 Å². The van der Waals surface area contributed by atoms with Crippen molar-refractivity contribution < 1.29 is 0 Å². The number of fused-ring (bicyclic) bond motifs is 1. The molecule has 0 radical (unpaired) electrons. The van der Waals surface area contributed by atoms with Crippen LogP contribution in [0.3, 0.4) is 0 Å². The number of rotatable bonds is 4. The van der Waals surface area contributed by atoms with Gasteiger partial charge in [-0.25, -0.2) is 0 Å². The molecular weight excluding hydrogens is 244 g/mol. The van der Waals surface area contributed by atoms with Gasteiger partial charge in [-0.2, -0.15) is 0 Å². The summed E-state index contributed by atoms with van der Waals surface area (Å²) in [6.45, 7) is 3.03. The Balaban J connectivity index is 1.73. The van der Waals surface area contributed by atoms with Gasteiger partial charge in [0.1, 0.15) is 0 Å². The highest BCUT2D eigenvalue weighted by Crippen LogP contribution is 2.20. The van der Waals surface area contributed by atoms with E-state index < -0.39 is 0 Å². The molecule has 0 fully saturated rings. The molecule has 2 heteroatoms. The minimum absolute atomic E-state index is 0.319. The molecule has 0 saturated carbocycles. The zero-order chi connectivity index (χ0) is 13.8. The Morgan fingerprint density at radius 3 is 2.65 bits per heavy atom. The number of pyridine rings is 1. The first kappa shape index (κ1) is 12.8. The van der Waals surface area contributed by atoms with Crippen LogP contribution < -0.4 is 5.32 Å². The Labute approximate surface area is 119 Å². The Hall–Kier alpha value is -2.19. The number of benzene rings is 2. The topological polar surface area (TPSA) is 24.9 Å². The number of hydrogen-bond acceptors (Lipinski definition) is 2. The maximum atomic E-state index is 4.14. The van der Waals surface area contributed by atoms with E-state index in [9.17, 15) is 0 Å². The first-order valence-electron chi connectivity index (χ1n) is 6.94. The summed E-state index contributed by atoms with van der Waals surface area (Å²) in [5, 5.41) is 6.12. The summed E-state index contributed by atoms with van der Waals surface area (Å²) in [4.78, 5) is 4.14. The summed E-state index contributed by atoms with van der Waals surface area (Å²) in [5.74, 6) is 0. The zero-order valence-corrected chi connectivity index (χ0v) is 11.6. The van der Waals surface area contributed by atoms with Crippen LogP contribution in [-0.2, 0) is 6.54 Å². The molecule has 100 valence electrons. The zero-order valence-electron chi connectivity index (χ0n) is 11.6. The van der Waals surface area contributed by atoms with Crippen LogP contribution in [-0.4, -0.2) is 4.98 Å². The molecule has 1 atom stereocenters. The maximum Gasteiger partial charge on any atom is 0.0312 e. The van der Waals surface area contributed by atoms with E-state index in [1.807, 2.05) is 12.3 Å². The quantitative estimate of drug-likeness (QED) is 0.766. The van der Waals surface area contributed by atoms with E-state index in [2.05, 4.69) is 65.8 Å². The highest BCUT2D eigenvalue weighted by molar-refractivity contribution is 5.83. The standard InChI is InChI=1S/C18H18N2/c1-14(20-13-15-5-4-10-19-12-15)17-9-8-16-6-2-3-7-18(16)11-17/h2-12,14,20H,13H2,1H3. The van der Waals surface area contributed by atoms with E-state index in [1.54, 1.807) is 6.20 Å².